The zero-order valence-electron chi connectivity index (χ0n) is 7.29. The van der Waals surface area contributed by atoms with Crippen molar-refractivity contribution in [3.63, 3.8) is 0 Å². The number of hydrogen-bond acceptors (Lipinski definition) is 3. The molecule has 12 heavy (non-hydrogen) atoms. The second kappa shape index (κ2) is 6.17. The Labute approximate surface area is 77.1 Å². The van der Waals surface area contributed by atoms with Crippen LogP contribution in [0.3, 0.4) is 0 Å². The van der Waals surface area contributed by atoms with Crippen LogP contribution in [0.1, 0.15) is 5.56 Å². The molecular weight excluding hydrogens is 172 g/mol. The van der Waals surface area contributed by atoms with E-state index in [0.717, 1.165) is 13.0 Å². The van der Waals surface area contributed by atoms with Crippen molar-refractivity contribution >= 4 is 11.3 Å². The van der Waals surface area contributed by atoms with Gasteiger partial charge in [0.05, 0.1) is 19.8 Å². The van der Waals surface area contributed by atoms with E-state index in [0.29, 0.717) is 13.2 Å². The minimum atomic E-state index is 0.684. The van der Waals surface area contributed by atoms with E-state index in [1.54, 1.807) is 18.4 Å². The van der Waals surface area contributed by atoms with Crippen molar-refractivity contribution in [1.29, 1.82) is 0 Å². The third-order valence-electron chi connectivity index (χ3n) is 1.55. The maximum Gasteiger partial charge on any atom is 0.0700 e. The molecule has 1 aromatic heterocycles. The number of methoxy groups -OCH3 is 1. The predicted molar refractivity (Wildman–Crippen MR) is 50.7 cm³/mol. The summed E-state index contributed by atoms with van der Waals surface area (Å²) in [5.74, 6) is 0. The molecule has 0 aliphatic carbocycles. The zero-order chi connectivity index (χ0) is 8.65. The first-order chi connectivity index (χ1) is 5.93. The van der Waals surface area contributed by atoms with Crippen LogP contribution in [0.15, 0.2) is 16.8 Å². The van der Waals surface area contributed by atoms with Gasteiger partial charge < -0.3 is 9.47 Å². The van der Waals surface area contributed by atoms with Crippen molar-refractivity contribution in [3.05, 3.63) is 22.4 Å². The van der Waals surface area contributed by atoms with Crippen molar-refractivity contribution < 1.29 is 9.47 Å². The van der Waals surface area contributed by atoms with Crippen LogP contribution >= 0.6 is 11.3 Å². The number of ether oxygens (including phenoxy) is 2. The molecule has 1 rings (SSSR count). The molecule has 0 aliphatic rings. The van der Waals surface area contributed by atoms with Crippen LogP contribution < -0.4 is 0 Å². The van der Waals surface area contributed by atoms with Crippen LogP contribution in [0, 0.1) is 0 Å². The van der Waals surface area contributed by atoms with Crippen LogP contribution in [0.4, 0.5) is 0 Å². The maximum absolute atomic E-state index is 5.33. The van der Waals surface area contributed by atoms with E-state index >= 15 is 0 Å². The molecule has 2 nitrogen and oxygen atoms in total. The molecule has 0 aliphatic heterocycles. The molecule has 0 saturated carbocycles. The van der Waals surface area contributed by atoms with Gasteiger partial charge in [-0.3, -0.25) is 0 Å². The van der Waals surface area contributed by atoms with Crippen molar-refractivity contribution in [2.24, 2.45) is 0 Å². The van der Waals surface area contributed by atoms with Gasteiger partial charge in [-0.05, 0) is 28.8 Å². The Kier molecular flexibility index (Phi) is 4.99. The summed E-state index contributed by atoms with van der Waals surface area (Å²) in [7, 11) is 1.68. The molecule has 1 heterocycles. The number of thiophene rings is 1. The smallest absolute Gasteiger partial charge is 0.0700 e. The lowest BCUT2D eigenvalue weighted by Crippen LogP contribution is -2.04. The summed E-state index contributed by atoms with van der Waals surface area (Å²) < 4.78 is 10.2. The second-order valence-corrected chi connectivity index (χ2v) is 3.27. The van der Waals surface area contributed by atoms with Gasteiger partial charge in [-0.15, -0.1) is 0 Å². The fraction of sp³-hybridized carbons (Fsp3) is 0.556. The topological polar surface area (TPSA) is 18.5 Å². The Morgan fingerprint density at radius 1 is 1.33 bits per heavy atom. The lowest BCUT2D eigenvalue weighted by molar-refractivity contribution is 0.0723. The summed E-state index contributed by atoms with van der Waals surface area (Å²) in [6.07, 6.45) is 1.01. The standard InChI is InChI=1S/C9H14O2S/c1-10-5-6-11-4-2-9-3-7-12-8-9/h3,7-8H,2,4-6H2,1H3. The van der Waals surface area contributed by atoms with E-state index in [-0.39, 0.29) is 0 Å². The largest absolute Gasteiger partial charge is 0.382 e. The van der Waals surface area contributed by atoms with E-state index in [1.165, 1.54) is 5.56 Å². The third kappa shape index (κ3) is 3.85. The number of rotatable bonds is 6. The third-order valence-corrected chi connectivity index (χ3v) is 2.28. The Hall–Kier alpha value is -0.380. The summed E-state index contributed by atoms with van der Waals surface area (Å²) in [5, 5.41) is 4.24. The number of hydrogen-bond donors (Lipinski definition) is 0. The van der Waals surface area contributed by atoms with Gasteiger partial charge in [0.25, 0.3) is 0 Å². The highest BCUT2D eigenvalue weighted by atomic mass is 32.1. The van der Waals surface area contributed by atoms with Crippen molar-refractivity contribution in [2.75, 3.05) is 26.9 Å². The molecule has 0 fully saturated rings. The van der Waals surface area contributed by atoms with Crippen molar-refractivity contribution in [3.8, 4) is 0 Å². The Bertz CT molecular complexity index is 184. The van der Waals surface area contributed by atoms with Gasteiger partial charge in [0.15, 0.2) is 0 Å². The molecule has 0 N–H and O–H groups in total. The summed E-state index contributed by atoms with van der Waals surface area (Å²) in [6, 6.07) is 2.13. The molecule has 0 spiro atoms. The van der Waals surface area contributed by atoms with Crippen LogP contribution in [0.25, 0.3) is 0 Å². The summed E-state index contributed by atoms with van der Waals surface area (Å²) >= 11 is 1.73. The first-order valence-electron chi connectivity index (χ1n) is 4.01. The first-order valence-corrected chi connectivity index (χ1v) is 4.95. The van der Waals surface area contributed by atoms with Gasteiger partial charge in [-0.25, -0.2) is 0 Å². The molecule has 1 aromatic rings. The molecule has 0 unspecified atom stereocenters. The molecule has 3 heteroatoms. The monoisotopic (exact) mass is 186 g/mol. The molecule has 0 radical (unpaired) electrons. The van der Waals surface area contributed by atoms with Gasteiger partial charge in [0.1, 0.15) is 0 Å². The Morgan fingerprint density at radius 3 is 2.92 bits per heavy atom. The van der Waals surface area contributed by atoms with E-state index < -0.39 is 0 Å². The molecular formula is C9H14O2S. The molecule has 0 aromatic carbocycles. The average molecular weight is 186 g/mol. The van der Waals surface area contributed by atoms with E-state index in [4.69, 9.17) is 9.47 Å². The average Bonchev–Trinajstić information content (AvgIpc) is 2.57. The van der Waals surface area contributed by atoms with Crippen LogP contribution in [0.5, 0.6) is 0 Å². The SMILES string of the molecule is COCCOCCc1ccsc1. The second-order valence-electron chi connectivity index (χ2n) is 2.49. The maximum atomic E-state index is 5.33. The van der Waals surface area contributed by atoms with Crippen molar-refractivity contribution in [2.45, 2.75) is 6.42 Å². The Balaban J connectivity index is 1.96. The van der Waals surface area contributed by atoms with E-state index in [2.05, 4.69) is 16.8 Å². The van der Waals surface area contributed by atoms with Gasteiger partial charge in [0, 0.05) is 7.11 Å². The first kappa shape index (κ1) is 9.71. The van der Waals surface area contributed by atoms with Gasteiger partial charge in [-0.2, -0.15) is 11.3 Å². The Morgan fingerprint density at radius 2 is 2.25 bits per heavy atom. The minimum Gasteiger partial charge on any atom is -0.382 e. The molecule has 0 atom stereocenters. The molecule has 0 saturated heterocycles. The highest BCUT2D eigenvalue weighted by molar-refractivity contribution is 7.07. The van der Waals surface area contributed by atoms with Gasteiger partial charge in [0.2, 0.25) is 0 Å². The predicted octanol–water partition coefficient (Wildman–Crippen LogP) is 1.95. The minimum absolute atomic E-state index is 0.684. The molecule has 0 bridgehead atoms. The molecule has 0 amide bonds. The van der Waals surface area contributed by atoms with Crippen LogP contribution in [-0.2, 0) is 15.9 Å². The van der Waals surface area contributed by atoms with E-state index in [1.807, 2.05) is 0 Å². The summed E-state index contributed by atoms with van der Waals surface area (Å²) in [5.41, 5.74) is 1.36. The highest BCUT2D eigenvalue weighted by Gasteiger charge is 1.92. The molecule has 68 valence electrons. The fourth-order valence-corrected chi connectivity index (χ4v) is 1.57. The fourth-order valence-electron chi connectivity index (χ4n) is 0.869. The zero-order valence-corrected chi connectivity index (χ0v) is 8.10. The lowest BCUT2D eigenvalue weighted by Gasteiger charge is -2.01. The normalized spacial score (nSPS) is 10.4. The summed E-state index contributed by atoms with van der Waals surface area (Å²) in [6.45, 7) is 2.17. The van der Waals surface area contributed by atoms with Crippen LogP contribution in [0.2, 0.25) is 0 Å². The van der Waals surface area contributed by atoms with Gasteiger partial charge >= 0.3 is 0 Å². The summed E-state index contributed by atoms with van der Waals surface area (Å²) in [4.78, 5) is 0. The lowest BCUT2D eigenvalue weighted by atomic mass is 10.3. The van der Waals surface area contributed by atoms with Crippen molar-refractivity contribution in [1.82, 2.24) is 0 Å². The highest BCUT2D eigenvalue weighted by Crippen LogP contribution is 2.06. The quantitative estimate of drug-likeness (QED) is 0.632. The van der Waals surface area contributed by atoms with E-state index in [9.17, 15) is 0 Å². The van der Waals surface area contributed by atoms with Crippen LogP contribution in [-0.4, -0.2) is 26.9 Å². The van der Waals surface area contributed by atoms with Gasteiger partial charge in [-0.1, -0.05) is 0 Å².